The molecular weight excluding hydrogens is 382 g/mol. The smallest absolute Gasteiger partial charge is 0.236 e. The summed E-state index contributed by atoms with van der Waals surface area (Å²) in [7, 11) is -2.18. The van der Waals surface area contributed by atoms with Crippen LogP contribution in [0.3, 0.4) is 0 Å². The standard InChI is InChI=1S/C18H19N5O4S/c1-26-15-8-13(11-23-6-2-5-20-23)9-16-17(15)18(21-27-16)22-28(24,25)14-4-3-12(7-14)10-19/h2,5-6,8-9,12,14H,3-4,7,11H2,1H3,(H,21,22). The fraction of sp³-hybridized carbons (Fsp3) is 0.389. The maximum atomic E-state index is 12.7. The SMILES string of the molecule is COc1cc(Cn2cccn2)cc2onc(NS(=O)(=O)C3CCC(C#N)C3)c12. The zero-order valence-corrected chi connectivity index (χ0v) is 16.0. The third-order valence-corrected chi connectivity index (χ3v) is 6.75. The monoisotopic (exact) mass is 401 g/mol. The van der Waals surface area contributed by atoms with Crippen LogP contribution in [-0.4, -0.2) is 35.7 Å². The van der Waals surface area contributed by atoms with Gasteiger partial charge in [0, 0.05) is 18.3 Å². The predicted molar refractivity (Wildman–Crippen MR) is 101 cm³/mol. The lowest BCUT2D eigenvalue weighted by Gasteiger charge is -2.12. The van der Waals surface area contributed by atoms with Crippen LogP contribution < -0.4 is 9.46 Å². The van der Waals surface area contributed by atoms with Crippen molar-refractivity contribution in [2.45, 2.75) is 31.1 Å². The molecule has 2 aromatic heterocycles. The molecule has 0 saturated heterocycles. The zero-order valence-electron chi connectivity index (χ0n) is 15.2. The van der Waals surface area contributed by atoms with Gasteiger partial charge in [-0.05, 0) is 43.0 Å². The number of ether oxygens (including phenoxy) is 1. The molecule has 0 bridgehead atoms. The van der Waals surface area contributed by atoms with E-state index in [2.05, 4.69) is 21.0 Å². The molecule has 1 aliphatic carbocycles. The average Bonchev–Trinajstić information content (AvgIpc) is 3.42. The normalized spacial score (nSPS) is 19.6. The van der Waals surface area contributed by atoms with Gasteiger partial charge >= 0.3 is 0 Å². The molecule has 1 fully saturated rings. The van der Waals surface area contributed by atoms with Gasteiger partial charge in [-0.15, -0.1) is 0 Å². The third kappa shape index (κ3) is 3.41. The number of anilines is 1. The summed E-state index contributed by atoms with van der Waals surface area (Å²) >= 11 is 0. The number of rotatable bonds is 6. The van der Waals surface area contributed by atoms with Gasteiger partial charge < -0.3 is 9.26 Å². The molecule has 4 rings (SSSR count). The second kappa shape index (κ2) is 7.16. The molecule has 0 amide bonds. The molecular formula is C18H19N5O4S. The average molecular weight is 401 g/mol. The van der Waals surface area contributed by atoms with Crippen LogP contribution in [0.1, 0.15) is 24.8 Å². The first-order valence-electron chi connectivity index (χ1n) is 8.85. The number of nitrogens with one attached hydrogen (secondary N) is 1. The Labute approximate surface area is 161 Å². The summed E-state index contributed by atoms with van der Waals surface area (Å²) in [5.41, 5.74) is 1.30. The molecule has 146 valence electrons. The van der Waals surface area contributed by atoms with Crippen LogP contribution in [0.2, 0.25) is 0 Å². The number of benzene rings is 1. The van der Waals surface area contributed by atoms with Crippen molar-refractivity contribution in [2.24, 2.45) is 5.92 Å². The Morgan fingerprint density at radius 3 is 2.96 bits per heavy atom. The second-order valence-electron chi connectivity index (χ2n) is 6.81. The number of hydrogen-bond acceptors (Lipinski definition) is 7. The van der Waals surface area contributed by atoms with E-state index in [-0.39, 0.29) is 11.7 Å². The van der Waals surface area contributed by atoms with Crippen molar-refractivity contribution in [2.75, 3.05) is 11.8 Å². The molecule has 1 aliphatic rings. The number of hydrogen-bond donors (Lipinski definition) is 1. The van der Waals surface area contributed by atoms with Gasteiger partial charge in [-0.2, -0.15) is 10.4 Å². The van der Waals surface area contributed by atoms with Crippen LogP contribution in [0, 0.1) is 17.2 Å². The minimum atomic E-state index is -3.69. The maximum absolute atomic E-state index is 12.7. The van der Waals surface area contributed by atoms with E-state index in [1.807, 2.05) is 12.3 Å². The fourth-order valence-electron chi connectivity index (χ4n) is 3.55. The first-order chi connectivity index (χ1) is 13.5. The van der Waals surface area contributed by atoms with E-state index >= 15 is 0 Å². The summed E-state index contributed by atoms with van der Waals surface area (Å²) in [5.74, 6) is 0.327. The quantitative estimate of drug-likeness (QED) is 0.673. The van der Waals surface area contributed by atoms with Crippen molar-refractivity contribution < 1.29 is 17.7 Å². The van der Waals surface area contributed by atoms with Crippen molar-refractivity contribution in [3.8, 4) is 11.8 Å². The van der Waals surface area contributed by atoms with Crippen molar-refractivity contribution in [1.82, 2.24) is 14.9 Å². The van der Waals surface area contributed by atoms with E-state index in [1.165, 1.54) is 7.11 Å². The van der Waals surface area contributed by atoms with Gasteiger partial charge in [-0.25, -0.2) is 8.42 Å². The van der Waals surface area contributed by atoms with Gasteiger partial charge in [0.15, 0.2) is 11.4 Å². The largest absolute Gasteiger partial charge is 0.496 e. The Morgan fingerprint density at radius 2 is 2.29 bits per heavy atom. The molecule has 10 heteroatoms. The molecule has 2 unspecified atom stereocenters. The lowest BCUT2D eigenvalue weighted by molar-refractivity contribution is 0.418. The first-order valence-corrected chi connectivity index (χ1v) is 10.4. The Bertz CT molecular complexity index is 1130. The number of aromatic nitrogens is 3. The van der Waals surface area contributed by atoms with Crippen LogP contribution in [0.25, 0.3) is 11.0 Å². The molecule has 28 heavy (non-hydrogen) atoms. The van der Waals surface area contributed by atoms with Crippen molar-refractivity contribution in [3.05, 3.63) is 36.2 Å². The number of nitrogens with zero attached hydrogens (tertiary/aromatic N) is 4. The van der Waals surface area contributed by atoms with Gasteiger partial charge in [0.2, 0.25) is 10.0 Å². The van der Waals surface area contributed by atoms with E-state index in [0.29, 0.717) is 42.5 Å². The van der Waals surface area contributed by atoms with Gasteiger partial charge in [-0.3, -0.25) is 9.40 Å². The van der Waals surface area contributed by atoms with Crippen LogP contribution in [0.5, 0.6) is 5.75 Å². The van der Waals surface area contributed by atoms with Gasteiger partial charge in [0.1, 0.15) is 11.1 Å². The summed E-state index contributed by atoms with van der Waals surface area (Å²) in [6.45, 7) is 0.513. The molecule has 1 saturated carbocycles. The predicted octanol–water partition coefficient (Wildman–Crippen LogP) is 2.52. The van der Waals surface area contributed by atoms with Crippen LogP contribution in [0.4, 0.5) is 5.82 Å². The second-order valence-corrected chi connectivity index (χ2v) is 8.78. The number of nitriles is 1. The zero-order chi connectivity index (χ0) is 19.7. The van der Waals surface area contributed by atoms with Gasteiger partial charge in [0.25, 0.3) is 0 Å². The number of sulfonamides is 1. The number of fused-ring (bicyclic) bond motifs is 1. The summed E-state index contributed by atoms with van der Waals surface area (Å²) in [6, 6.07) is 7.56. The third-order valence-electron chi connectivity index (χ3n) is 4.97. The van der Waals surface area contributed by atoms with E-state index < -0.39 is 15.3 Å². The summed E-state index contributed by atoms with van der Waals surface area (Å²) in [4.78, 5) is 0. The van der Waals surface area contributed by atoms with E-state index in [9.17, 15) is 8.42 Å². The van der Waals surface area contributed by atoms with Crippen molar-refractivity contribution in [3.63, 3.8) is 0 Å². The Morgan fingerprint density at radius 1 is 1.43 bits per heavy atom. The molecule has 2 heterocycles. The fourth-order valence-corrected chi connectivity index (χ4v) is 5.06. The van der Waals surface area contributed by atoms with Crippen LogP contribution in [-0.2, 0) is 16.6 Å². The van der Waals surface area contributed by atoms with Gasteiger partial charge in [-0.1, -0.05) is 5.16 Å². The van der Waals surface area contributed by atoms with Gasteiger partial charge in [0.05, 0.1) is 25.0 Å². The Balaban J connectivity index is 1.64. The van der Waals surface area contributed by atoms with E-state index in [4.69, 9.17) is 14.5 Å². The highest BCUT2D eigenvalue weighted by atomic mass is 32.2. The lowest BCUT2D eigenvalue weighted by Crippen LogP contribution is -2.26. The summed E-state index contributed by atoms with van der Waals surface area (Å²) < 4.78 is 40.6. The molecule has 0 radical (unpaired) electrons. The molecule has 1 N–H and O–H groups in total. The lowest BCUT2D eigenvalue weighted by atomic mass is 10.1. The first kappa shape index (κ1) is 18.3. The molecule has 9 nitrogen and oxygen atoms in total. The molecule has 2 atom stereocenters. The Hall–Kier alpha value is -3.06. The highest BCUT2D eigenvalue weighted by Crippen LogP contribution is 2.36. The molecule has 1 aromatic carbocycles. The van der Waals surface area contributed by atoms with Crippen LogP contribution >= 0.6 is 0 Å². The highest BCUT2D eigenvalue weighted by molar-refractivity contribution is 7.93. The van der Waals surface area contributed by atoms with Crippen LogP contribution in [0.15, 0.2) is 35.1 Å². The maximum Gasteiger partial charge on any atom is 0.236 e. The number of methoxy groups -OCH3 is 1. The van der Waals surface area contributed by atoms with E-state index in [0.717, 1.165) is 5.56 Å². The summed E-state index contributed by atoms with van der Waals surface area (Å²) in [5, 5.41) is 16.9. The van der Waals surface area contributed by atoms with E-state index in [1.54, 1.807) is 23.0 Å². The van der Waals surface area contributed by atoms with Crippen molar-refractivity contribution >= 4 is 26.8 Å². The summed E-state index contributed by atoms with van der Waals surface area (Å²) in [6.07, 6.45) is 4.90. The highest BCUT2D eigenvalue weighted by Gasteiger charge is 2.35. The van der Waals surface area contributed by atoms with Crippen molar-refractivity contribution in [1.29, 1.82) is 5.26 Å². The molecule has 0 spiro atoms. The minimum Gasteiger partial charge on any atom is -0.496 e. The Kier molecular flexibility index (Phi) is 4.68. The topological polar surface area (TPSA) is 123 Å². The minimum absolute atomic E-state index is 0.0953. The molecule has 0 aliphatic heterocycles. The molecule has 3 aromatic rings.